The van der Waals surface area contributed by atoms with Gasteiger partial charge in [-0.2, -0.15) is 0 Å². The number of carbonyl (C=O) groups excluding carboxylic acids is 2. The highest BCUT2D eigenvalue weighted by molar-refractivity contribution is 5.94. The molecule has 114 valence electrons. The van der Waals surface area contributed by atoms with Crippen molar-refractivity contribution in [3.63, 3.8) is 0 Å². The fourth-order valence-corrected chi connectivity index (χ4v) is 2.54. The predicted octanol–water partition coefficient (Wildman–Crippen LogP) is 2.18. The summed E-state index contributed by atoms with van der Waals surface area (Å²) >= 11 is 0. The number of nitrogens with zero attached hydrogens (tertiary/aromatic N) is 1. The SMILES string of the molecule is O=C(/C=C/c1cc2ccccc2o1)NCC(=O)N1CCCC1. The van der Waals surface area contributed by atoms with E-state index in [0.29, 0.717) is 5.76 Å². The minimum absolute atomic E-state index is 0.0250. The molecule has 1 aromatic heterocycles. The topological polar surface area (TPSA) is 62.6 Å². The number of hydrogen-bond donors (Lipinski definition) is 1. The number of nitrogens with one attached hydrogen (secondary N) is 1. The molecular weight excluding hydrogens is 280 g/mol. The Morgan fingerprint density at radius 3 is 2.77 bits per heavy atom. The van der Waals surface area contributed by atoms with Gasteiger partial charge in [0, 0.05) is 24.6 Å². The van der Waals surface area contributed by atoms with Crippen LogP contribution in [-0.2, 0) is 9.59 Å². The standard InChI is InChI=1S/C17H18N2O3/c20-16(18-12-17(21)19-9-3-4-10-19)8-7-14-11-13-5-1-2-6-15(13)22-14/h1-2,5-8,11H,3-4,9-10,12H2,(H,18,20)/b8-7+. The monoisotopic (exact) mass is 298 g/mol. The highest BCUT2D eigenvalue weighted by Gasteiger charge is 2.17. The molecule has 0 bridgehead atoms. The summed E-state index contributed by atoms with van der Waals surface area (Å²) in [6.07, 6.45) is 5.09. The molecule has 1 aliphatic heterocycles. The molecule has 2 heterocycles. The van der Waals surface area contributed by atoms with Crippen molar-refractivity contribution in [3.8, 4) is 0 Å². The lowest BCUT2D eigenvalue weighted by atomic mass is 10.2. The number of carbonyl (C=O) groups is 2. The van der Waals surface area contributed by atoms with Gasteiger partial charge in [-0.05, 0) is 31.1 Å². The van der Waals surface area contributed by atoms with E-state index in [1.54, 1.807) is 11.0 Å². The summed E-state index contributed by atoms with van der Waals surface area (Å²) in [4.78, 5) is 25.3. The van der Waals surface area contributed by atoms with E-state index >= 15 is 0 Å². The molecule has 22 heavy (non-hydrogen) atoms. The summed E-state index contributed by atoms with van der Waals surface area (Å²) in [5.74, 6) is 0.290. The molecule has 0 unspecified atom stereocenters. The third-order valence-corrected chi connectivity index (χ3v) is 3.72. The Morgan fingerprint density at radius 2 is 2.00 bits per heavy atom. The first-order valence-electron chi connectivity index (χ1n) is 7.45. The molecule has 1 fully saturated rings. The summed E-state index contributed by atoms with van der Waals surface area (Å²) in [6.45, 7) is 1.64. The van der Waals surface area contributed by atoms with Gasteiger partial charge in [0.1, 0.15) is 11.3 Å². The number of para-hydroxylation sites is 1. The fraction of sp³-hybridized carbons (Fsp3) is 0.294. The van der Waals surface area contributed by atoms with E-state index in [1.165, 1.54) is 6.08 Å². The van der Waals surface area contributed by atoms with Gasteiger partial charge in [0.15, 0.2) is 0 Å². The molecule has 5 nitrogen and oxygen atoms in total. The zero-order valence-corrected chi connectivity index (χ0v) is 12.2. The zero-order valence-electron chi connectivity index (χ0n) is 12.2. The highest BCUT2D eigenvalue weighted by Crippen LogP contribution is 2.19. The van der Waals surface area contributed by atoms with Gasteiger partial charge < -0.3 is 14.6 Å². The Balaban J connectivity index is 1.53. The molecule has 0 spiro atoms. The molecule has 2 aromatic rings. The predicted molar refractivity (Wildman–Crippen MR) is 84.1 cm³/mol. The van der Waals surface area contributed by atoms with Crippen molar-refractivity contribution in [2.45, 2.75) is 12.8 Å². The van der Waals surface area contributed by atoms with Gasteiger partial charge >= 0.3 is 0 Å². The number of hydrogen-bond acceptors (Lipinski definition) is 3. The number of furan rings is 1. The Hall–Kier alpha value is -2.56. The van der Waals surface area contributed by atoms with Crippen molar-refractivity contribution in [2.24, 2.45) is 0 Å². The molecule has 3 rings (SSSR count). The first-order valence-corrected chi connectivity index (χ1v) is 7.45. The van der Waals surface area contributed by atoms with E-state index in [9.17, 15) is 9.59 Å². The molecular formula is C17H18N2O3. The van der Waals surface area contributed by atoms with E-state index in [1.807, 2.05) is 30.3 Å². The van der Waals surface area contributed by atoms with Gasteiger partial charge in [0.05, 0.1) is 6.54 Å². The Kier molecular flexibility index (Phi) is 4.23. The van der Waals surface area contributed by atoms with Crippen LogP contribution in [0.1, 0.15) is 18.6 Å². The van der Waals surface area contributed by atoms with E-state index in [0.717, 1.165) is 36.9 Å². The fourth-order valence-electron chi connectivity index (χ4n) is 2.54. The quantitative estimate of drug-likeness (QED) is 0.880. The van der Waals surface area contributed by atoms with Crippen molar-refractivity contribution < 1.29 is 14.0 Å². The summed E-state index contributed by atoms with van der Waals surface area (Å²) < 4.78 is 5.58. The molecule has 5 heteroatoms. The summed E-state index contributed by atoms with van der Waals surface area (Å²) in [5, 5.41) is 3.60. The average Bonchev–Trinajstić information content (AvgIpc) is 3.19. The van der Waals surface area contributed by atoms with Crippen molar-refractivity contribution in [1.82, 2.24) is 10.2 Å². The van der Waals surface area contributed by atoms with Gasteiger partial charge in [-0.15, -0.1) is 0 Å². The van der Waals surface area contributed by atoms with Crippen LogP contribution < -0.4 is 5.32 Å². The van der Waals surface area contributed by atoms with Gasteiger partial charge in [-0.25, -0.2) is 0 Å². The van der Waals surface area contributed by atoms with Crippen LogP contribution in [0.15, 0.2) is 40.8 Å². The van der Waals surface area contributed by atoms with E-state index < -0.39 is 0 Å². The third-order valence-electron chi connectivity index (χ3n) is 3.72. The van der Waals surface area contributed by atoms with E-state index in [4.69, 9.17) is 4.42 Å². The maximum Gasteiger partial charge on any atom is 0.244 e. The number of fused-ring (bicyclic) bond motifs is 1. The molecule has 2 amide bonds. The minimum atomic E-state index is -0.298. The van der Waals surface area contributed by atoms with E-state index in [-0.39, 0.29) is 18.4 Å². The van der Waals surface area contributed by atoms with Gasteiger partial charge in [0.2, 0.25) is 11.8 Å². The lowest BCUT2D eigenvalue weighted by molar-refractivity contribution is -0.131. The lowest BCUT2D eigenvalue weighted by Gasteiger charge is -2.14. The second-order valence-electron chi connectivity index (χ2n) is 5.33. The molecule has 1 saturated heterocycles. The van der Waals surface area contributed by atoms with Gasteiger partial charge in [0.25, 0.3) is 0 Å². The van der Waals surface area contributed by atoms with Crippen LogP contribution in [0.25, 0.3) is 17.0 Å². The zero-order chi connectivity index (χ0) is 15.4. The van der Waals surface area contributed by atoms with Crippen LogP contribution in [0.5, 0.6) is 0 Å². The molecule has 1 aliphatic rings. The van der Waals surface area contributed by atoms with Crippen molar-refractivity contribution in [1.29, 1.82) is 0 Å². The molecule has 0 atom stereocenters. The van der Waals surface area contributed by atoms with Gasteiger partial charge in [-0.3, -0.25) is 9.59 Å². The normalized spacial score (nSPS) is 14.8. The number of rotatable bonds is 4. The number of amides is 2. The number of benzene rings is 1. The van der Waals surface area contributed by atoms with Crippen LogP contribution in [0.3, 0.4) is 0 Å². The maximum absolute atomic E-state index is 11.8. The third kappa shape index (κ3) is 3.36. The van der Waals surface area contributed by atoms with E-state index in [2.05, 4.69) is 5.32 Å². The molecule has 1 aromatic carbocycles. The highest BCUT2D eigenvalue weighted by atomic mass is 16.3. The Morgan fingerprint density at radius 1 is 1.23 bits per heavy atom. The lowest BCUT2D eigenvalue weighted by Crippen LogP contribution is -2.38. The molecule has 0 saturated carbocycles. The summed E-state index contributed by atoms with van der Waals surface area (Å²) in [6, 6.07) is 9.53. The minimum Gasteiger partial charge on any atom is -0.457 e. The smallest absolute Gasteiger partial charge is 0.244 e. The molecule has 0 radical (unpaired) electrons. The van der Waals surface area contributed by atoms with Crippen LogP contribution in [0, 0.1) is 0 Å². The molecule has 0 aliphatic carbocycles. The molecule has 1 N–H and O–H groups in total. The largest absolute Gasteiger partial charge is 0.457 e. The second kappa shape index (κ2) is 6.47. The first kappa shape index (κ1) is 14.4. The first-order chi connectivity index (χ1) is 10.7. The van der Waals surface area contributed by atoms with Crippen LogP contribution in [0.2, 0.25) is 0 Å². The van der Waals surface area contributed by atoms with Crippen LogP contribution >= 0.6 is 0 Å². The average molecular weight is 298 g/mol. The van der Waals surface area contributed by atoms with Gasteiger partial charge in [-0.1, -0.05) is 18.2 Å². The van der Waals surface area contributed by atoms with Crippen molar-refractivity contribution in [2.75, 3.05) is 19.6 Å². The summed E-state index contributed by atoms with van der Waals surface area (Å²) in [7, 11) is 0. The van der Waals surface area contributed by atoms with Crippen molar-refractivity contribution in [3.05, 3.63) is 42.2 Å². The number of likely N-dealkylation sites (tertiary alicyclic amines) is 1. The van der Waals surface area contributed by atoms with Crippen LogP contribution in [-0.4, -0.2) is 36.3 Å². The summed E-state index contributed by atoms with van der Waals surface area (Å²) in [5.41, 5.74) is 0.784. The van der Waals surface area contributed by atoms with Crippen LogP contribution in [0.4, 0.5) is 0 Å². The Labute approximate surface area is 128 Å². The second-order valence-corrected chi connectivity index (χ2v) is 5.33. The maximum atomic E-state index is 11.8. The van der Waals surface area contributed by atoms with Crippen molar-refractivity contribution >= 4 is 28.9 Å². The Bertz CT molecular complexity index is 679.